The molecule has 0 saturated carbocycles. The summed E-state index contributed by atoms with van der Waals surface area (Å²) in [6.07, 6.45) is 4.58. The van der Waals surface area contributed by atoms with Gasteiger partial charge in [0.15, 0.2) is 0 Å². The van der Waals surface area contributed by atoms with E-state index < -0.39 is 0 Å². The van der Waals surface area contributed by atoms with Gasteiger partial charge in [0.2, 0.25) is 5.95 Å². The second-order valence-corrected chi connectivity index (χ2v) is 10.1. The topological polar surface area (TPSA) is 75.0 Å². The fraction of sp³-hybridized carbons (Fsp3) is 0.304. The van der Waals surface area contributed by atoms with Crippen LogP contribution in [-0.2, 0) is 6.42 Å². The minimum atomic E-state index is -0.184. The van der Waals surface area contributed by atoms with Crippen LogP contribution in [0.15, 0.2) is 63.2 Å². The van der Waals surface area contributed by atoms with E-state index in [1.54, 1.807) is 12.3 Å². The molecule has 2 aliphatic rings. The Morgan fingerprint density at radius 1 is 1.10 bits per heavy atom. The van der Waals surface area contributed by atoms with Crippen LogP contribution in [-0.4, -0.2) is 23.1 Å². The molecule has 160 valence electrons. The quantitative estimate of drug-likeness (QED) is 0.556. The van der Waals surface area contributed by atoms with Crippen LogP contribution in [0.3, 0.4) is 0 Å². The van der Waals surface area contributed by atoms with Crippen LogP contribution in [0.5, 0.6) is 0 Å². The van der Waals surface area contributed by atoms with Gasteiger partial charge < -0.3 is 10.6 Å². The predicted octanol–water partition coefficient (Wildman–Crippen LogP) is 5.07. The molecular weight excluding hydrogens is 451 g/mol. The summed E-state index contributed by atoms with van der Waals surface area (Å²) < 4.78 is 0. The van der Waals surface area contributed by atoms with Crippen molar-refractivity contribution in [3.8, 4) is 0 Å². The zero-order valence-electron chi connectivity index (χ0n) is 16.8. The van der Waals surface area contributed by atoms with Crippen LogP contribution in [0.4, 0.5) is 5.95 Å². The molecule has 8 heteroatoms. The van der Waals surface area contributed by atoms with Gasteiger partial charge in [-0.2, -0.15) is 0 Å². The molecule has 1 saturated heterocycles. The summed E-state index contributed by atoms with van der Waals surface area (Å²) in [6.45, 7) is 1.63. The first-order valence-electron chi connectivity index (χ1n) is 10.3. The normalized spacial score (nSPS) is 19.6. The first-order chi connectivity index (χ1) is 15.0. The molecule has 3 N–H and O–H groups in total. The lowest BCUT2D eigenvalue weighted by Gasteiger charge is -2.42. The van der Waals surface area contributed by atoms with Gasteiger partial charge in [0, 0.05) is 24.0 Å². The molecule has 5 nitrogen and oxygen atoms in total. The van der Waals surface area contributed by atoms with Crippen molar-refractivity contribution in [2.45, 2.75) is 35.1 Å². The van der Waals surface area contributed by atoms with Crippen molar-refractivity contribution in [3.63, 3.8) is 0 Å². The van der Waals surface area contributed by atoms with Gasteiger partial charge in [0.05, 0.1) is 21.1 Å². The number of H-pyrrole nitrogens is 1. The number of nitrogens with one attached hydrogen (secondary N) is 1. The second kappa shape index (κ2) is 8.17. The number of rotatable bonds is 3. The molecule has 1 aliphatic heterocycles. The third-order valence-corrected chi connectivity index (χ3v) is 8.54. The summed E-state index contributed by atoms with van der Waals surface area (Å²) in [7, 11) is 0. The maximum absolute atomic E-state index is 12.7. The summed E-state index contributed by atoms with van der Waals surface area (Å²) in [6, 6.07) is 13.9. The number of piperidine rings is 1. The van der Waals surface area contributed by atoms with Crippen molar-refractivity contribution in [1.82, 2.24) is 9.97 Å². The molecule has 1 atom stereocenters. The monoisotopic (exact) mass is 472 g/mol. The van der Waals surface area contributed by atoms with E-state index in [0.29, 0.717) is 20.9 Å². The Bertz CT molecular complexity index is 1190. The number of nitrogens with zero attached hydrogens (tertiary/aromatic N) is 2. The van der Waals surface area contributed by atoms with E-state index in [2.05, 4.69) is 39.1 Å². The number of aromatic nitrogens is 2. The summed E-state index contributed by atoms with van der Waals surface area (Å²) >= 11 is 13.6. The predicted molar refractivity (Wildman–Crippen MR) is 126 cm³/mol. The molecule has 0 bridgehead atoms. The molecule has 1 fully saturated rings. The maximum Gasteiger partial charge on any atom is 0.266 e. The molecule has 5 rings (SSSR count). The molecule has 0 unspecified atom stereocenters. The van der Waals surface area contributed by atoms with E-state index >= 15 is 0 Å². The van der Waals surface area contributed by atoms with Crippen LogP contribution in [0.2, 0.25) is 10.0 Å². The van der Waals surface area contributed by atoms with Crippen molar-refractivity contribution >= 4 is 40.9 Å². The van der Waals surface area contributed by atoms with Crippen molar-refractivity contribution in [1.29, 1.82) is 0 Å². The second-order valence-electron chi connectivity index (χ2n) is 8.26. The van der Waals surface area contributed by atoms with Crippen LogP contribution < -0.4 is 16.2 Å². The Morgan fingerprint density at radius 2 is 1.87 bits per heavy atom. The fourth-order valence-electron chi connectivity index (χ4n) is 4.76. The van der Waals surface area contributed by atoms with Gasteiger partial charge >= 0.3 is 0 Å². The average molecular weight is 473 g/mol. The Balaban J connectivity index is 1.30. The minimum Gasteiger partial charge on any atom is -0.342 e. The van der Waals surface area contributed by atoms with Gasteiger partial charge in [-0.1, -0.05) is 65.3 Å². The number of hydrogen-bond donors (Lipinski definition) is 2. The van der Waals surface area contributed by atoms with Crippen LogP contribution in [0, 0.1) is 5.41 Å². The Labute approximate surface area is 195 Å². The Morgan fingerprint density at radius 3 is 2.61 bits per heavy atom. The number of halogens is 2. The van der Waals surface area contributed by atoms with Crippen molar-refractivity contribution in [2.75, 3.05) is 18.0 Å². The van der Waals surface area contributed by atoms with E-state index in [1.165, 1.54) is 22.9 Å². The first kappa shape index (κ1) is 20.9. The highest BCUT2D eigenvalue weighted by Crippen LogP contribution is 2.50. The van der Waals surface area contributed by atoms with E-state index in [4.69, 9.17) is 28.9 Å². The van der Waals surface area contributed by atoms with Crippen molar-refractivity contribution < 1.29 is 0 Å². The van der Waals surface area contributed by atoms with E-state index in [0.717, 1.165) is 37.2 Å². The summed E-state index contributed by atoms with van der Waals surface area (Å²) in [5.74, 6) is 0.602. The fourth-order valence-corrected chi connectivity index (χ4v) is 6.06. The third-order valence-electron chi connectivity index (χ3n) is 6.54. The molecule has 0 amide bonds. The van der Waals surface area contributed by atoms with Gasteiger partial charge in [-0.15, -0.1) is 0 Å². The zero-order valence-corrected chi connectivity index (χ0v) is 19.1. The number of hydrogen-bond acceptors (Lipinski definition) is 5. The summed E-state index contributed by atoms with van der Waals surface area (Å²) in [5, 5.41) is 0.898. The number of nitrogens with two attached hydrogens (primary N) is 1. The number of anilines is 1. The average Bonchev–Trinajstić information content (AvgIpc) is 3.05. The van der Waals surface area contributed by atoms with Gasteiger partial charge in [-0.05, 0) is 47.9 Å². The SMILES string of the molecule is N[C@@H]1c2ccccc2CC12CCN(c1ncc(Sc3cccc(Cl)c3Cl)c(=O)[nH]1)CC2. The van der Waals surface area contributed by atoms with Crippen LogP contribution in [0.25, 0.3) is 0 Å². The summed E-state index contributed by atoms with van der Waals surface area (Å²) in [4.78, 5) is 23.5. The molecule has 1 aromatic heterocycles. The van der Waals surface area contributed by atoms with Crippen LogP contribution in [0.1, 0.15) is 30.0 Å². The van der Waals surface area contributed by atoms with Gasteiger partial charge in [-0.25, -0.2) is 4.98 Å². The van der Waals surface area contributed by atoms with Gasteiger partial charge in [0.1, 0.15) is 0 Å². The highest BCUT2D eigenvalue weighted by Gasteiger charge is 2.45. The van der Waals surface area contributed by atoms with E-state index in [-0.39, 0.29) is 17.0 Å². The highest BCUT2D eigenvalue weighted by atomic mass is 35.5. The van der Waals surface area contributed by atoms with Gasteiger partial charge in [0.25, 0.3) is 5.56 Å². The molecule has 2 heterocycles. The largest absolute Gasteiger partial charge is 0.342 e. The van der Waals surface area contributed by atoms with E-state index in [9.17, 15) is 4.79 Å². The first-order valence-corrected chi connectivity index (χ1v) is 11.8. The Hall–Kier alpha value is -1.99. The lowest BCUT2D eigenvalue weighted by molar-refractivity contribution is 0.187. The molecular formula is C23H22Cl2N4OS. The number of aromatic amines is 1. The van der Waals surface area contributed by atoms with Crippen LogP contribution >= 0.6 is 35.0 Å². The Kier molecular flexibility index (Phi) is 5.51. The molecule has 31 heavy (non-hydrogen) atoms. The zero-order chi connectivity index (χ0) is 21.6. The lowest BCUT2D eigenvalue weighted by Crippen LogP contribution is -2.45. The molecule has 1 spiro atoms. The minimum absolute atomic E-state index is 0.0686. The molecule has 0 radical (unpaired) electrons. The molecule has 3 aromatic rings. The maximum atomic E-state index is 12.7. The van der Waals surface area contributed by atoms with Crippen molar-refractivity contribution in [3.05, 3.63) is 80.2 Å². The van der Waals surface area contributed by atoms with E-state index in [1.807, 2.05) is 12.1 Å². The standard InChI is InChI=1S/C23H22Cl2N4OS/c24-16-6-3-7-17(19(16)25)31-18-13-27-22(28-21(18)30)29-10-8-23(9-11-29)12-14-4-1-2-5-15(14)20(23)26/h1-7,13,20H,8-12,26H2,(H,27,28,30)/t20-/m1/s1. The van der Waals surface area contributed by atoms with Gasteiger partial charge in [-0.3, -0.25) is 9.78 Å². The smallest absolute Gasteiger partial charge is 0.266 e. The lowest BCUT2D eigenvalue weighted by atomic mass is 9.73. The highest BCUT2D eigenvalue weighted by molar-refractivity contribution is 7.99. The third kappa shape index (κ3) is 3.76. The molecule has 2 aromatic carbocycles. The number of benzene rings is 2. The number of fused-ring (bicyclic) bond motifs is 1. The molecule has 1 aliphatic carbocycles. The van der Waals surface area contributed by atoms with Crippen molar-refractivity contribution in [2.24, 2.45) is 11.1 Å². The summed E-state index contributed by atoms with van der Waals surface area (Å²) in [5.41, 5.74) is 9.23.